The Hall–Kier alpha value is -1.80. The van der Waals surface area contributed by atoms with Crippen molar-refractivity contribution >= 4 is 10.0 Å². The van der Waals surface area contributed by atoms with E-state index in [1.54, 1.807) is 26.0 Å². The highest BCUT2D eigenvalue weighted by Crippen LogP contribution is 2.19. The van der Waals surface area contributed by atoms with Crippen LogP contribution in [0.4, 0.5) is 0 Å². The van der Waals surface area contributed by atoms with E-state index in [2.05, 4.69) is 15.3 Å². The Morgan fingerprint density at radius 3 is 2.53 bits per heavy atom. The van der Waals surface area contributed by atoms with E-state index in [9.17, 15) is 8.42 Å². The van der Waals surface area contributed by atoms with Gasteiger partial charge in [0.15, 0.2) is 5.82 Å². The summed E-state index contributed by atoms with van der Waals surface area (Å²) in [5.74, 6) is 0.447. The Labute approximate surface area is 98.3 Å². The molecule has 17 heavy (non-hydrogen) atoms. The van der Waals surface area contributed by atoms with Gasteiger partial charge in [-0.1, -0.05) is 0 Å². The molecule has 0 aliphatic heterocycles. The van der Waals surface area contributed by atoms with Crippen molar-refractivity contribution in [1.29, 1.82) is 0 Å². The lowest BCUT2D eigenvalue weighted by atomic mass is 10.4. The van der Waals surface area contributed by atoms with E-state index < -0.39 is 10.0 Å². The topological polar surface area (TPSA) is 104 Å². The SMILES string of the molecule is Cc1nn(-c2cccnn2)c(C)c1S(N)(=O)=O. The maximum Gasteiger partial charge on any atom is 0.241 e. The van der Waals surface area contributed by atoms with Gasteiger partial charge in [-0.25, -0.2) is 18.2 Å². The molecule has 0 fully saturated rings. The van der Waals surface area contributed by atoms with Gasteiger partial charge in [0.1, 0.15) is 4.90 Å². The minimum Gasteiger partial charge on any atom is -0.225 e. The van der Waals surface area contributed by atoms with E-state index in [1.807, 2.05) is 0 Å². The van der Waals surface area contributed by atoms with Crippen molar-refractivity contribution in [1.82, 2.24) is 20.0 Å². The van der Waals surface area contributed by atoms with Gasteiger partial charge in [0, 0.05) is 6.20 Å². The average Bonchev–Trinajstić information content (AvgIpc) is 2.54. The van der Waals surface area contributed by atoms with Gasteiger partial charge in [-0.15, -0.1) is 5.10 Å². The first-order chi connectivity index (χ1) is 7.91. The number of hydrogen-bond acceptors (Lipinski definition) is 5. The second kappa shape index (κ2) is 3.90. The average molecular weight is 253 g/mol. The van der Waals surface area contributed by atoms with Crippen LogP contribution in [0.3, 0.4) is 0 Å². The molecule has 0 aliphatic carbocycles. The summed E-state index contributed by atoms with van der Waals surface area (Å²) in [5.41, 5.74) is 0.765. The van der Waals surface area contributed by atoms with E-state index in [0.29, 0.717) is 17.2 Å². The molecule has 7 nitrogen and oxygen atoms in total. The molecule has 8 heteroatoms. The lowest BCUT2D eigenvalue weighted by Crippen LogP contribution is -2.14. The fourth-order valence-electron chi connectivity index (χ4n) is 1.67. The number of aromatic nitrogens is 4. The van der Waals surface area contributed by atoms with Gasteiger partial charge in [0.25, 0.3) is 0 Å². The first-order valence-electron chi connectivity index (χ1n) is 4.78. The van der Waals surface area contributed by atoms with Crippen molar-refractivity contribution in [3.05, 3.63) is 29.7 Å². The molecule has 2 aromatic heterocycles. The third-order valence-electron chi connectivity index (χ3n) is 2.28. The lowest BCUT2D eigenvalue weighted by Gasteiger charge is -2.01. The van der Waals surface area contributed by atoms with Gasteiger partial charge in [0.2, 0.25) is 10.0 Å². The summed E-state index contributed by atoms with van der Waals surface area (Å²) in [6, 6.07) is 3.37. The zero-order valence-corrected chi connectivity index (χ0v) is 10.1. The zero-order valence-electron chi connectivity index (χ0n) is 9.32. The summed E-state index contributed by atoms with van der Waals surface area (Å²) in [7, 11) is -3.78. The van der Waals surface area contributed by atoms with Crippen molar-refractivity contribution in [2.45, 2.75) is 18.7 Å². The molecule has 0 radical (unpaired) electrons. The van der Waals surface area contributed by atoms with Gasteiger partial charge in [0.05, 0.1) is 11.4 Å². The Bertz CT molecular complexity index is 648. The Morgan fingerprint density at radius 1 is 1.35 bits per heavy atom. The summed E-state index contributed by atoms with van der Waals surface area (Å²) in [6.07, 6.45) is 1.52. The lowest BCUT2D eigenvalue weighted by molar-refractivity contribution is 0.596. The fraction of sp³-hybridized carbons (Fsp3) is 0.222. The summed E-state index contributed by atoms with van der Waals surface area (Å²) in [5, 5.41) is 16.8. The normalized spacial score (nSPS) is 11.7. The predicted octanol–water partition coefficient (Wildman–Crippen LogP) is -0.0735. The largest absolute Gasteiger partial charge is 0.241 e. The van der Waals surface area contributed by atoms with Gasteiger partial charge >= 0.3 is 0 Å². The van der Waals surface area contributed by atoms with E-state index in [0.717, 1.165) is 0 Å². The number of aryl methyl sites for hydroxylation is 1. The maximum absolute atomic E-state index is 11.4. The molecular formula is C9H11N5O2S. The summed E-state index contributed by atoms with van der Waals surface area (Å²) >= 11 is 0. The smallest absolute Gasteiger partial charge is 0.225 e. The van der Waals surface area contributed by atoms with Gasteiger partial charge < -0.3 is 0 Å². The Balaban J connectivity index is 2.69. The van der Waals surface area contributed by atoms with Crippen LogP contribution >= 0.6 is 0 Å². The van der Waals surface area contributed by atoms with Crippen LogP contribution in [0.1, 0.15) is 11.4 Å². The van der Waals surface area contributed by atoms with E-state index in [4.69, 9.17) is 5.14 Å². The van der Waals surface area contributed by atoms with Crippen LogP contribution in [-0.4, -0.2) is 28.4 Å². The van der Waals surface area contributed by atoms with E-state index in [1.165, 1.54) is 10.9 Å². The third kappa shape index (κ3) is 2.04. The van der Waals surface area contributed by atoms with Crippen molar-refractivity contribution < 1.29 is 8.42 Å². The second-order valence-electron chi connectivity index (χ2n) is 3.54. The van der Waals surface area contributed by atoms with Crippen LogP contribution < -0.4 is 5.14 Å². The minimum absolute atomic E-state index is 0.0307. The predicted molar refractivity (Wildman–Crippen MR) is 60.0 cm³/mol. The van der Waals surface area contributed by atoms with Crippen LogP contribution in [0.2, 0.25) is 0 Å². The van der Waals surface area contributed by atoms with Crippen LogP contribution in [-0.2, 0) is 10.0 Å². The molecule has 2 aromatic rings. The minimum atomic E-state index is -3.78. The maximum atomic E-state index is 11.4. The van der Waals surface area contributed by atoms with Gasteiger partial charge in [-0.2, -0.15) is 10.2 Å². The molecule has 0 aromatic carbocycles. The van der Waals surface area contributed by atoms with Crippen LogP contribution in [0.25, 0.3) is 5.82 Å². The second-order valence-corrected chi connectivity index (χ2v) is 5.04. The first kappa shape index (κ1) is 11.7. The Kier molecular flexibility index (Phi) is 2.68. The van der Waals surface area contributed by atoms with Crippen LogP contribution in [0.15, 0.2) is 23.2 Å². The third-order valence-corrected chi connectivity index (χ3v) is 3.44. The van der Waals surface area contributed by atoms with Crippen molar-refractivity contribution in [3.8, 4) is 5.82 Å². The molecule has 0 saturated carbocycles. The van der Waals surface area contributed by atoms with Crippen LogP contribution in [0.5, 0.6) is 0 Å². The number of sulfonamides is 1. The molecule has 2 rings (SSSR count). The monoisotopic (exact) mass is 253 g/mol. The van der Waals surface area contributed by atoms with Crippen molar-refractivity contribution in [2.24, 2.45) is 5.14 Å². The highest BCUT2D eigenvalue weighted by molar-refractivity contribution is 7.89. The fourth-order valence-corrected chi connectivity index (χ4v) is 2.62. The molecule has 0 amide bonds. The quantitative estimate of drug-likeness (QED) is 0.806. The molecule has 2 N–H and O–H groups in total. The van der Waals surface area contributed by atoms with Gasteiger partial charge in [-0.05, 0) is 26.0 Å². The number of nitrogens with two attached hydrogens (primary N) is 1. The van der Waals surface area contributed by atoms with E-state index in [-0.39, 0.29) is 4.90 Å². The van der Waals surface area contributed by atoms with Crippen molar-refractivity contribution in [2.75, 3.05) is 0 Å². The highest BCUT2D eigenvalue weighted by Gasteiger charge is 2.21. The molecule has 90 valence electrons. The van der Waals surface area contributed by atoms with Crippen LogP contribution in [0, 0.1) is 13.8 Å². The summed E-state index contributed by atoms with van der Waals surface area (Å²) < 4.78 is 24.2. The zero-order chi connectivity index (χ0) is 12.6. The summed E-state index contributed by atoms with van der Waals surface area (Å²) in [4.78, 5) is 0.0307. The molecule has 0 atom stereocenters. The first-order valence-corrected chi connectivity index (χ1v) is 6.33. The molecule has 2 heterocycles. The molecule has 0 spiro atoms. The van der Waals surface area contributed by atoms with E-state index >= 15 is 0 Å². The highest BCUT2D eigenvalue weighted by atomic mass is 32.2. The molecule has 0 bridgehead atoms. The number of nitrogens with zero attached hydrogens (tertiary/aromatic N) is 4. The molecule has 0 unspecified atom stereocenters. The molecule has 0 saturated heterocycles. The number of rotatable bonds is 2. The number of primary sulfonamides is 1. The van der Waals surface area contributed by atoms with Crippen molar-refractivity contribution in [3.63, 3.8) is 0 Å². The standard InChI is InChI=1S/C9H11N5O2S/c1-6-9(17(10,15)16)7(2)14(13-6)8-4-3-5-11-12-8/h3-5H,1-2H3,(H2,10,15,16). The van der Waals surface area contributed by atoms with Gasteiger partial charge in [-0.3, -0.25) is 0 Å². The Morgan fingerprint density at radius 2 is 2.06 bits per heavy atom. The molecular weight excluding hydrogens is 242 g/mol. The number of hydrogen-bond donors (Lipinski definition) is 1. The molecule has 0 aliphatic rings. The summed E-state index contributed by atoms with van der Waals surface area (Å²) in [6.45, 7) is 3.20.